The number of carbonyl (C=O) groups excluding carboxylic acids is 1. The summed E-state index contributed by atoms with van der Waals surface area (Å²) >= 11 is 0. The Labute approximate surface area is 186 Å². The molecule has 11 heteroatoms. The number of hydrogen-bond donors (Lipinski definition) is 2. The molecule has 0 spiro atoms. The van der Waals surface area contributed by atoms with Crippen LogP contribution in [0.2, 0.25) is 0 Å². The number of amides is 1. The van der Waals surface area contributed by atoms with Crippen LogP contribution in [0, 0.1) is 0 Å². The fourth-order valence-electron chi connectivity index (χ4n) is 2.91. The molecule has 0 saturated carbocycles. The summed E-state index contributed by atoms with van der Waals surface area (Å²) in [6.07, 6.45) is -4.45. The SMILES string of the molecule is COc1ccc(Oc2nc(C(=O)N[C@H](C)c3ccc(C(F)(F)F)cc3)cc(=O)[nH]2)cc1OC. The van der Waals surface area contributed by atoms with Gasteiger partial charge in [0.25, 0.3) is 11.5 Å². The molecule has 33 heavy (non-hydrogen) atoms. The lowest BCUT2D eigenvalue weighted by Gasteiger charge is -2.15. The highest BCUT2D eigenvalue weighted by Crippen LogP contribution is 2.32. The first kappa shape index (κ1) is 23.6. The van der Waals surface area contributed by atoms with E-state index in [4.69, 9.17) is 14.2 Å². The summed E-state index contributed by atoms with van der Waals surface area (Å²) in [5.41, 5.74) is -1.21. The van der Waals surface area contributed by atoms with Gasteiger partial charge in [0, 0.05) is 12.1 Å². The Hall–Kier alpha value is -4.02. The Kier molecular flexibility index (Phi) is 6.90. The van der Waals surface area contributed by atoms with Crippen molar-refractivity contribution >= 4 is 5.91 Å². The van der Waals surface area contributed by atoms with Crippen molar-refractivity contribution in [3.8, 4) is 23.3 Å². The minimum atomic E-state index is -4.45. The first-order valence-electron chi connectivity index (χ1n) is 9.60. The third kappa shape index (κ3) is 5.82. The second kappa shape index (κ2) is 9.63. The van der Waals surface area contributed by atoms with E-state index in [0.717, 1.165) is 18.2 Å². The van der Waals surface area contributed by atoms with Gasteiger partial charge in [-0.3, -0.25) is 14.6 Å². The fourth-order valence-corrected chi connectivity index (χ4v) is 2.91. The molecule has 0 aliphatic carbocycles. The first-order valence-corrected chi connectivity index (χ1v) is 9.60. The predicted molar refractivity (Wildman–Crippen MR) is 112 cm³/mol. The molecule has 174 valence electrons. The number of methoxy groups -OCH3 is 2. The van der Waals surface area contributed by atoms with Gasteiger partial charge in [0.05, 0.1) is 25.8 Å². The van der Waals surface area contributed by atoms with Crippen molar-refractivity contribution in [1.82, 2.24) is 15.3 Å². The molecule has 2 aromatic carbocycles. The first-order chi connectivity index (χ1) is 15.6. The average molecular weight is 463 g/mol. The molecule has 3 aromatic rings. The zero-order valence-corrected chi connectivity index (χ0v) is 17.8. The van der Waals surface area contributed by atoms with Crippen LogP contribution < -0.4 is 25.1 Å². The van der Waals surface area contributed by atoms with Crippen LogP contribution in [0.15, 0.2) is 53.3 Å². The highest BCUT2D eigenvalue weighted by Gasteiger charge is 2.30. The standard InChI is InChI=1S/C22H20F3N3O5/c1-12(13-4-6-14(7-5-13)22(23,24)25)26-20(30)16-11-19(29)28-21(27-16)33-15-8-9-17(31-2)18(10-15)32-3/h4-12H,1-3H3,(H,26,30)(H,27,28,29)/t12-/m1/s1. The summed E-state index contributed by atoms with van der Waals surface area (Å²) in [7, 11) is 2.93. The number of benzene rings is 2. The maximum atomic E-state index is 12.7. The van der Waals surface area contributed by atoms with Crippen LogP contribution in [-0.2, 0) is 6.18 Å². The van der Waals surface area contributed by atoms with Gasteiger partial charge in [0.15, 0.2) is 11.5 Å². The van der Waals surface area contributed by atoms with E-state index in [1.54, 1.807) is 19.1 Å². The number of hydrogen-bond acceptors (Lipinski definition) is 6. The number of H-pyrrole nitrogens is 1. The Balaban J connectivity index is 1.76. The summed E-state index contributed by atoms with van der Waals surface area (Å²) in [4.78, 5) is 31.0. The third-order valence-corrected chi connectivity index (χ3v) is 4.61. The van der Waals surface area contributed by atoms with Gasteiger partial charge in [-0.25, -0.2) is 0 Å². The van der Waals surface area contributed by atoms with E-state index in [1.165, 1.54) is 32.4 Å². The molecule has 0 fully saturated rings. The fraction of sp³-hybridized carbons (Fsp3) is 0.227. The van der Waals surface area contributed by atoms with Gasteiger partial charge in [0.2, 0.25) is 0 Å². The van der Waals surface area contributed by atoms with E-state index in [2.05, 4.69) is 15.3 Å². The van der Waals surface area contributed by atoms with Crippen molar-refractivity contribution < 1.29 is 32.2 Å². The van der Waals surface area contributed by atoms with Crippen LogP contribution in [0.5, 0.6) is 23.3 Å². The van der Waals surface area contributed by atoms with Crippen LogP contribution in [0.4, 0.5) is 13.2 Å². The van der Waals surface area contributed by atoms with Crippen LogP contribution in [0.3, 0.4) is 0 Å². The third-order valence-electron chi connectivity index (χ3n) is 4.61. The van der Waals surface area contributed by atoms with Gasteiger partial charge in [-0.1, -0.05) is 12.1 Å². The molecule has 0 unspecified atom stereocenters. The monoisotopic (exact) mass is 463 g/mol. The van der Waals surface area contributed by atoms with Crippen LogP contribution >= 0.6 is 0 Å². The Morgan fingerprint density at radius 2 is 1.70 bits per heavy atom. The molecule has 2 N–H and O–H groups in total. The van der Waals surface area contributed by atoms with E-state index in [-0.39, 0.29) is 17.5 Å². The van der Waals surface area contributed by atoms with Crippen molar-refractivity contribution in [3.63, 3.8) is 0 Å². The number of nitrogens with zero attached hydrogens (tertiary/aromatic N) is 1. The Morgan fingerprint density at radius 3 is 2.30 bits per heavy atom. The maximum Gasteiger partial charge on any atom is 0.416 e. The molecular weight excluding hydrogens is 443 g/mol. The van der Waals surface area contributed by atoms with E-state index in [0.29, 0.717) is 17.1 Å². The molecule has 0 bridgehead atoms. The lowest BCUT2D eigenvalue weighted by Crippen LogP contribution is -2.29. The largest absolute Gasteiger partial charge is 0.493 e. The molecule has 0 saturated heterocycles. The molecule has 8 nitrogen and oxygen atoms in total. The second-order valence-corrected chi connectivity index (χ2v) is 6.87. The average Bonchev–Trinajstić information content (AvgIpc) is 2.78. The van der Waals surface area contributed by atoms with Gasteiger partial charge >= 0.3 is 12.2 Å². The Bertz CT molecular complexity index is 1190. The zero-order valence-electron chi connectivity index (χ0n) is 17.8. The molecule has 1 aromatic heterocycles. The summed E-state index contributed by atoms with van der Waals surface area (Å²) in [5.74, 6) is 0.422. The summed E-state index contributed by atoms with van der Waals surface area (Å²) in [6.45, 7) is 1.59. The topological polar surface area (TPSA) is 103 Å². The van der Waals surface area contributed by atoms with Crippen LogP contribution in [0.25, 0.3) is 0 Å². The van der Waals surface area contributed by atoms with Crippen LogP contribution in [0.1, 0.15) is 34.6 Å². The summed E-state index contributed by atoms with van der Waals surface area (Å²) < 4.78 is 54.1. The minimum Gasteiger partial charge on any atom is -0.493 e. The number of halogens is 3. The molecule has 1 amide bonds. The number of aromatic amines is 1. The van der Waals surface area contributed by atoms with E-state index in [1.807, 2.05) is 0 Å². The van der Waals surface area contributed by atoms with Crippen molar-refractivity contribution in [1.29, 1.82) is 0 Å². The maximum absolute atomic E-state index is 12.7. The molecule has 1 heterocycles. The van der Waals surface area contributed by atoms with Crippen molar-refractivity contribution in [2.75, 3.05) is 14.2 Å². The quantitative estimate of drug-likeness (QED) is 0.547. The predicted octanol–water partition coefficient (Wildman–Crippen LogP) is 4.09. The van der Waals surface area contributed by atoms with Gasteiger partial charge in [0.1, 0.15) is 11.4 Å². The van der Waals surface area contributed by atoms with Gasteiger partial charge in [-0.2, -0.15) is 18.2 Å². The van der Waals surface area contributed by atoms with E-state index in [9.17, 15) is 22.8 Å². The highest BCUT2D eigenvalue weighted by molar-refractivity contribution is 5.92. The lowest BCUT2D eigenvalue weighted by molar-refractivity contribution is -0.137. The number of nitrogens with one attached hydrogen (secondary N) is 2. The summed E-state index contributed by atoms with van der Waals surface area (Å²) in [5, 5.41) is 2.59. The van der Waals surface area contributed by atoms with Gasteiger partial charge in [-0.05, 0) is 36.8 Å². The second-order valence-electron chi connectivity index (χ2n) is 6.87. The highest BCUT2D eigenvalue weighted by atomic mass is 19.4. The number of alkyl halides is 3. The zero-order chi connectivity index (χ0) is 24.2. The molecule has 1 atom stereocenters. The molecular formula is C22H20F3N3O5. The van der Waals surface area contributed by atoms with E-state index >= 15 is 0 Å². The normalized spacial score (nSPS) is 12.1. The number of carbonyl (C=O) groups is 1. The number of aromatic nitrogens is 2. The van der Waals surface area contributed by atoms with Crippen molar-refractivity contribution in [2.24, 2.45) is 0 Å². The van der Waals surface area contributed by atoms with Crippen LogP contribution in [-0.4, -0.2) is 30.1 Å². The van der Waals surface area contributed by atoms with Crippen molar-refractivity contribution in [3.05, 3.63) is 75.7 Å². The van der Waals surface area contributed by atoms with Gasteiger partial charge in [-0.15, -0.1) is 0 Å². The minimum absolute atomic E-state index is 0.229. The molecule has 0 aliphatic rings. The smallest absolute Gasteiger partial charge is 0.416 e. The molecule has 0 radical (unpaired) electrons. The van der Waals surface area contributed by atoms with Crippen molar-refractivity contribution in [2.45, 2.75) is 19.1 Å². The molecule has 3 rings (SSSR count). The number of ether oxygens (including phenoxy) is 3. The summed E-state index contributed by atoms with van der Waals surface area (Å²) in [6, 6.07) is 9.16. The van der Waals surface area contributed by atoms with E-state index < -0.39 is 29.2 Å². The lowest BCUT2D eigenvalue weighted by atomic mass is 10.1. The molecule has 0 aliphatic heterocycles. The van der Waals surface area contributed by atoms with Gasteiger partial charge < -0.3 is 19.5 Å². The Morgan fingerprint density at radius 1 is 1.03 bits per heavy atom. The number of rotatable bonds is 7.